The zero-order valence-corrected chi connectivity index (χ0v) is 16.6. The van der Waals surface area contributed by atoms with Gasteiger partial charge in [0.1, 0.15) is 0 Å². The topological polar surface area (TPSA) is 51.1 Å². The Morgan fingerprint density at radius 3 is 2.52 bits per heavy atom. The maximum absolute atomic E-state index is 12.1. The van der Waals surface area contributed by atoms with Gasteiger partial charge in [0.2, 0.25) is 0 Å². The zero-order chi connectivity index (χ0) is 18.4. The summed E-state index contributed by atoms with van der Waals surface area (Å²) in [6.07, 6.45) is 4.00. The van der Waals surface area contributed by atoms with Crippen LogP contribution in [0.2, 0.25) is 5.02 Å². The highest BCUT2D eigenvalue weighted by Crippen LogP contribution is 2.28. The molecule has 1 saturated heterocycles. The molecule has 1 aliphatic heterocycles. The van der Waals surface area contributed by atoms with Crippen LogP contribution in [0.4, 0.5) is 5.69 Å². The van der Waals surface area contributed by atoms with Crippen LogP contribution in [0.5, 0.6) is 11.5 Å². The van der Waals surface area contributed by atoms with Gasteiger partial charge in [-0.15, -0.1) is 12.4 Å². The largest absolute Gasteiger partial charge is 0.493 e. The van der Waals surface area contributed by atoms with Crippen molar-refractivity contribution in [2.75, 3.05) is 26.7 Å². The lowest BCUT2D eigenvalue weighted by atomic mass is 10.2. The van der Waals surface area contributed by atoms with Crippen molar-refractivity contribution in [3.63, 3.8) is 0 Å². The smallest absolute Gasteiger partial charge is 0.325 e. The first-order chi connectivity index (χ1) is 12.6. The molecule has 7 heteroatoms. The molecule has 27 heavy (non-hydrogen) atoms. The van der Waals surface area contributed by atoms with Gasteiger partial charge in [-0.2, -0.15) is 0 Å². The van der Waals surface area contributed by atoms with E-state index in [1.807, 2.05) is 18.2 Å². The minimum absolute atomic E-state index is 0. The molecule has 0 unspecified atom stereocenters. The van der Waals surface area contributed by atoms with Crippen molar-refractivity contribution >= 4 is 41.9 Å². The van der Waals surface area contributed by atoms with Gasteiger partial charge >= 0.3 is 5.97 Å². The summed E-state index contributed by atoms with van der Waals surface area (Å²) in [5.41, 5.74) is 1.64. The molecule has 0 aliphatic carbocycles. The van der Waals surface area contributed by atoms with Gasteiger partial charge in [-0.3, -0.25) is 14.7 Å². The number of nitrogens with zero attached hydrogens (tertiary/aromatic N) is 2. The van der Waals surface area contributed by atoms with Crippen molar-refractivity contribution < 1.29 is 14.3 Å². The van der Waals surface area contributed by atoms with Crippen LogP contribution in [0.1, 0.15) is 18.4 Å². The standard InChI is InChI=1S/C20H21ClN2O3.ClH/c1-25-19-12-15(13-22-17-7-5-16(21)6-8-17)4-9-18(19)26-20(24)14-23-10-2-3-11-23;/h4-9,12-13H,2-3,10-11,14H2,1H3;1H. The Kier molecular flexibility index (Phi) is 8.10. The summed E-state index contributed by atoms with van der Waals surface area (Å²) in [5.74, 6) is 0.646. The van der Waals surface area contributed by atoms with Gasteiger partial charge in [0, 0.05) is 11.2 Å². The second kappa shape index (κ2) is 10.3. The number of ether oxygens (including phenoxy) is 2. The Morgan fingerprint density at radius 1 is 1.15 bits per heavy atom. The van der Waals surface area contributed by atoms with Crippen LogP contribution in [0.15, 0.2) is 47.5 Å². The Hall–Kier alpha value is -2.08. The van der Waals surface area contributed by atoms with Crippen LogP contribution in [-0.4, -0.2) is 43.8 Å². The molecule has 0 N–H and O–H groups in total. The minimum Gasteiger partial charge on any atom is -0.493 e. The van der Waals surface area contributed by atoms with Crippen molar-refractivity contribution in [3.8, 4) is 11.5 Å². The first-order valence-corrected chi connectivity index (χ1v) is 8.92. The molecule has 1 fully saturated rings. The monoisotopic (exact) mass is 408 g/mol. The molecule has 1 heterocycles. The molecular weight excluding hydrogens is 387 g/mol. The number of hydrogen-bond acceptors (Lipinski definition) is 5. The highest BCUT2D eigenvalue weighted by atomic mass is 35.5. The third-order valence-corrected chi connectivity index (χ3v) is 4.40. The fourth-order valence-electron chi connectivity index (χ4n) is 2.80. The van der Waals surface area contributed by atoms with E-state index in [1.54, 1.807) is 37.6 Å². The van der Waals surface area contributed by atoms with Crippen LogP contribution in [0.3, 0.4) is 0 Å². The van der Waals surface area contributed by atoms with Crippen LogP contribution >= 0.6 is 24.0 Å². The normalized spacial score (nSPS) is 14.1. The van der Waals surface area contributed by atoms with Crippen LogP contribution in [0.25, 0.3) is 0 Å². The number of hydrogen-bond donors (Lipinski definition) is 0. The third kappa shape index (κ3) is 6.24. The number of carbonyl (C=O) groups is 1. The second-order valence-electron chi connectivity index (χ2n) is 6.10. The molecule has 0 spiro atoms. The predicted octanol–water partition coefficient (Wildman–Crippen LogP) is 4.52. The number of carbonyl (C=O) groups excluding carboxylic acids is 1. The van der Waals surface area contributed by atoms with Crippen molar-refractivity contribution in [1.82, 2.24) is 4.90 Å². The molecule has 0 aromatic heterocycles. The molecule has 144 valence electrons. The highest BCUT2D eigenvalue weighted by molar-refractivity contribution is 6.30. The molecule has 1 aliphatic rings. The molecule has 0 saturated carbocycles. The molecule has 0 bridgehead atoms. The Labute approximate surface area is 170 Å². The average Bonchev–Trinajstić information content (AvgIpc) is 3.15. The van der Waals surface area contributed by atoms with Gasteiger partial charge in [0.05, 0.1) is 19.3 Å². The van der Waals surface area contributed by atoms with E-state index < -0.39 is 0 Å². The summed E-state index contributed by atoms with van der Waals surface area (Å²) in [5, 5.41) is 0.672. The average molecular weight is 409 g/mol. The SMILES string of the molecule is COc1cc(C=Nc2ccc(Cl)cc2)ccc1OC(=O)CN1CCCC1.Cl. The number of likely N-dealkylation sites (tertiary alicyclic amines) is 1. The van der Waals surface area contributed by atoms with E-state index in [-0.39, 0.29) is 18.4 Å². The van der Waals surface area contributed by atoms with E-state index in [2.05, 4.69) is 9.89 Å². The minimum atomic E-state index is -0.271. The molecule has 5 nitrogen and oxygen atoms in total. The van der Waals surface area contributed by atoms with E-state index in [4.69, 9.17) is 21.1 Å². The molecule has 0 atom stereocenters. The fourth-order valence-corrected chi connectivity index (χ4v) is 2.93. The first kappa shape index (κ1) is 21.2. The van der Waals surface area contributed by atoms with E-state index in [1.165, 1.54) is 0 Å². The Balaban J connectivity index is 0.00000261. The molecule has 0 radical (unpaired) electrons. The van der Waals surface area contributed by atoms with E-state index >= 15 is 0 Å². The fraction of sp³-hybridized carbons (Fsp3) is 0.300. The van der Waals surface area contributed by atoms with Gasteiger partial charge in [-0.25, -0.2) is 0 Å². The molecular formula is C20H22Cl2N2O3. The van der Waals surface area contributed by atoms with E-state index in [0.717, 1.165) is 37.2 Å². The van der Waals surface area contributed by atoms with Crippen molar-refractivity contribution in [2.24, 2.45) is 4.99 Å². The molecule has 0 amide bonds. The molecule has 3 rings (SSSR count). The van der Waals surface area contributed by atoms with Crippen LogP contribution in [0, 0.1) is 0 Å². The zero-order valence-electron chi connectivity index (χ0n) is 15.1. The summed E-state index contributed by atoms with van der Waals surface area (Å²) < 4.78 is 10.8. The Bertz CT molecular complexity index is 788. The molecule has 2 aromatic carbocycles. The number of benzene rings is 2. The van der Waals surface area contributed by atoms with Gasteiger partial charge in [-0.05, 0) is 74.0 Å². The molecule has 2 aromatic rings. The van der Waals surface area contributed by atoms with Gasteiger partial charge in [0.15, 0.2) is 11.5 Å². The maximum Gasteiger partial charge on any atom is 0.325 e. The number of methoxy groups -OCH3 is 1. The maximum atomic E-state index is 12.1. The van der Waals surface area contributed by atoms with Gasteiger partial charge in [0.25, 0.3) is 0 Å². The third-order valence-electron chi connectivity index (χ3n) is 4.15. The Morgan fingerprint density at radius 2 is 1.85 bits per heavy atom. The number of esters is 1. The van der Waals surface area contributed by atoms with Crippen LogP contribution in [-0.2, 0) is 4.79 Å². The number of halogens is 2. The number of rotatable bonds is 6. The first-order valence-electron chi connectivity index (χ1n) is 8.55. The van der Waals surface area contributed by atoms with Crippen molar-refractivity contribution in [2.45, 2.75) is 12.8 Å². The predicted molar refractivity (Wildman–Crippen MR) is 110 cm³/mol. The summed E-state index contributed by atoms with van der Waals surface area (Å²) in [7, 11) is 1.55. The highest BCUT2D eigenvalue weighted by Gasteiger charge is 2.17. The second-order valence-corrected chi connectivity index (χ2v) is 6.54. The lowest BCUT2D eigenvalue weighted by molar-refractivity contribution is -0.135. The lowest BCUT2D eigenvalue weighted by Crippen LogP contribution is -2.29. The number of aliphatic imine (C=N–C) groups is 1. The quantitative estimate of drug-likeness (QED) is 0.400. The summed E-state index contributed by atoms with van der Waals surface area (Å²) in [4.78, 5) is 18.6. The lowest BCUT2D eigenvalue weighted by Gasteiger charge is -2.14. The van der Waals surface area contributed by atoms with Crippen molar-refractivity contribution in [1.29, 1.82) is 0 Å². The van der Waals surface area contributed by atoms with E-state index in [0.29, 0.717) is 23.1 Å². The van der Waals surface area contributed by atoms with Gasteiger partial charge < -0.3 is 9.47 Å². The summed E-state index contributed by atoms with van der Waals surface area (Å²) >= 11 is 5.87. The van der Waals surface area contributed by atoms with Gasteiger partial charge in [-0.1, -0.05) is 11.6 Å². The van der Waals surface area contributed by atoms with Crippen LogP contribution < -0.4 is 9.47 Å². The van der Waals surface area contributed by atoms with Crippen molar-refractivity contribution in [3.05, 3.63) is 53.1 Å². The summed E-state index contributed by atoms with van der Waals surface area (Å²) in [6, 6.07) is 12.6. The van der Waals surface area contributed by atoms with E-state index in [9.17, 15) is 4.79 Å². The summed E-state index contributed by atoms with van der Waals surface area (Å²) in [6.45, 7) is 2.21.